The lowest BCUT2D eigenvalue weighted by atomic mass is 10.1. The summed E-state index contributed by atoms with van der Waals surface area (Å²) in [5, 5.41) is 12.8. The van der Waals surface area contributed by atoms with Gasteiger partial charge in [-0.15, -0.1) is 11.6 Å². The lowest BCUT2D eigenvalue weighted by Gasteiger charge is -2.36. The van der Waals surface area contributed by atoms with E-state index in [0.717, 1.165) is 12.8 Å². The van der Waals surface area contributed by atoms with Gasteiger partial charge >= 0.3 is 6.03 Å². The largest absolute Gasteiger partial charge is 0.391 e. The van der Waals surface area contributed by atoms with Gasteiger partial charge in [0.2, 0.25) is 0 Å². The maximum atomic E-state index is 12.4. The number of nitrogens with zero attached hydrogens (tertiary/aromatic N) is 3. The number of carbonyl (C=O) groups excluding carboxylic acids is 2. The Morgan fingerprint density at radius 1 is 1.32 bits per heavy atom. The van der Waals surface area contributed by atoms with E-state index < -0.39 is 24.3 Å². The predicted octanol–water partition coefficient (Wildman–Crippen LogP) is 1.84. The van der Waals surface area contributed by atoms with Crippen LogP contribution in [-0.4, -0.2) is 75.5 Å². The van der Waals surface area contributed by atoms with Gasteiger partial charge in [-0.25, -0.2) is 9.79 Å². The first kappa shape index (κ1) is 20.3. The number of amidine groups is 1. The minimum atomic E-state index is -0.628. The molecule has 25 heavy (non-hydrogen) atoms. The molecule has 0 bridgehead atoms. The van der Waals surface area contributed by atoms with E-state index in [9.17, 15) is 14.7 Å². The first-order valence-corrected chi connectivity index (χ1v) is 10.3. The molecule has 0 aromatic carbocycles. The van der Waals surface area contributed by atoms with Crippen molar-refractivity contribution in [1.82, 2.24) is 15.1 Å². The molecule has 3 amide bonds. The van der Waals surface area contributed by atoms with Crippen LogP contribution in [0.1, 0.15) is 39.0 Å². The molecule has 7 nitrogen and oxygen atoms in total. The molecular formula is C16H27ClN4O3S. The standard InChI is InChI=1S/C16H27ClN4O3S/c1-3-4-5-6-7-8-21-12-13(20(2)15(24)19-14(12)23)18-16(21)25-10-11(22)9-17/h11-13,22H,3-10H2,1-2H3,(H,19,23,24). The number of imide groups is 1. The number of urea groups is 1. The molecule has 142 valence electrons. The third-order valence-electron chi connectivity index (χ3n) is 4.41. The maximum Gasteiger partial charge on any atom is 0.325 e. The number of hydrogen-bond donors (Lipinski definition) is 2. The Hall–Kier alpha value is -0.990. The number of carbonyl (C=O) groups is 2. The monoisotopic (exact) mass is 390 g/mol. The number of alkyl halides is 1. The molecule has 2 rings (SSSR count). The molecule has 2 aliphatic heterocycles. The molecule has 0 aromatic rings. The highest BCUT2D eigenvalue weighted by Crippen LogP contribution is 2.29. The number of halogens is 1. The number of likely N-dealkylation sites (N-methyl/N-ethyl adjacent to an activating group) is 1. The van der Waals surface area contributed by atoms with E-state index >= 15 is 0 Å². The topological polar surface area (TPSA) is 85.2 Å². The fourth-order valence-corrected chi connectivity index (χ4v) is 4.21. The zero-order chi connectivity index (χ0) is 18.4. The van der Waals surface area contributed by atoms with E-state index in [-0.39, 0.29) is 11.8 Å². The van der Waals surface area contributed by atoms with Crippen LogP contribution in [0.3, 0.4) is 0 Å². The fraction of sp³-hybridized carbons (Fsp3) is 0.812. The lowest BCUT2D eigenvalue weighted by Crippen LogP contribution is -2.63. The highest BCUT2D eigenvalue weighted by molar-refractivity contribution is 8.13. The molecule has 0 radical (unpaired) electrons. The third-order valence-corrected chi connectivity index (χ3v) is 5.91. The van der Waals surface area contributed by atoms with Crippen molar-refractivity contribution in [2.75, 3.05) is 25.2 Å². The normalized spacial score (nSPS) is 24.2. The Labute approximate surface area is 158 Å². The second-order valence-corrected chi connectivity index (χ2v) is 7.70. The molecule has 2 N–H and O–H groups in total. The van der Waals surface area contributed by atoms with Gasteiger partial charge in [0, 0.05) is 25.2 Å². The molecule has 0 spiro atoms. The molecule has 3 unspecified atom stereocenters. The molecular weight excluding hydrogens is 364 g/mol. The van der Waals surface area contributed by atoms with Crippen LogP contribution >= 0.6 is 23.4 Å². The maximum absolute atomic E-state index is 12.4. The van der Waals surface area contributed by atoms with Crippen molar-refractivity contribution in [3.8, 4) is 0 Å². The number of aliphatic hydroxyl groups excluding tert-OH is 1. The number of unbranched alkanes of at least 4 members (excludes halogenated alkanes) is 4. The van der Waals surface area contributed by atoms with Gasteiger partial charge in [-0.2, -0.15) is 0 Å². The predicted molar refractivity (Wildman–Crippen MR) is 101 cm³/mol. The van der Waals surface area contributed by atoms with Crippen LogP contribution in [0.2, 0.25) is 0 Å². The number of nitrogens with one attached hydrogen (secondary N) is 1. The van der Waals surface area contributed by atoms with E-state index in [1.807, 2.05) is 4.90 Å². The summed E-state index contributed by atoms with van der Waals surface area (Å²) in [6, 6.07) is -0.922. The fourth-order valence-electron chi connectivity index (χ4n) is 2.96. The van der Waals surface area contributed by atoms with Crippen LogP contribution < -0.4 is 5.32 Å². The highest BCUT2D eigenvalue weighted by atomic mass is 35.5. The van der Waals surface area contributed by atoms with E-state index in [1.54, 1.807) is 7.05 Å². The van der Waals surface area contributed by atoms with Crippen LogP contribution in [-0.2, 0) is 4.79 Å². The summed E-state index contributed by atoms with van der Waals surface area (Å²) < 4.78 is 0. The Bertz CT molecular complexity index is 520. The molecule has 1 saturated heterocycles. The zero-order valence-electron chi connectivity index (χ0n) is 14.8. The summed E-state index contributed by atoms with van der Waals surface area (Å²) in [4.78, 5) is 32.2. The van der Waals surface area contributed by atoms with Gasteiger partial charge in [0.15, 0.2) is 17.4 Å². The van der Waals surface area contributed by atoms with Crippen molar-refractivity contribution in [3.05, 3.63) is 0 Å². The van der Waals surface area contributed by atoms with Crippen LogP contribution in [0.4, 0.5) is 4.79 Å². The summed E-state index contributed by atoms with van der Waals surface area (Å²) in [5.41, 5.74) is 0. The van der Waals surface area contributed by atoms with Crippen molar-refractivity contribution in [2.45, 2.75) is 57.3 Å². The number of amides is 3. The average molecular weight is 391 g/mol. The molecule has 0 aliphatic carbocycles. The van der Waals surface area contributed by atoms with Crippen LogP contribution in [0, 0.1) is 0 Å². The van der Waals surface area contributed by atoms with E-state index in [0.29, 0.717) is 17.5 Å². The third kappa shape index (κ3) is 5.01. The summed E-state index contributed by atoms with van der Waals surface area (Å²) in [6.45, 7) is 2.89. The Kier molecular flexibility index (Phi) is 7.83. The number of aliphatic imine (C=N–C) groups is 1. The van der Waals surface area contributed by atoms with Crippen molar-refractivity contribution in [1.29, 1.82) is 0 Å². The number of fused-ring (bicyclic) bond motifs is 1. The number of hydrogen-bond acceptors (Lipinski definition) is 6. The molecule has 0 saturated carbocycles. The zero-order valence-corrected chi connectivity index (χ0v) is 16.4. The van der Waals surface area contributed by atoms with E-state index in [2.05, 4.69) is 17.2 Å². The first-order chi connectivity index (χ1) is 12.0. The Morgan fingerprint density at radius 2 is 2.04 bits per heavy atom. The van der Waals surface area contributed by atoms with Crippen molar-refractivity contribution in [3.63, 3.8) is 0 Å². The van der Waals surface area contributed by atoms with Crippen LogP contribution in [0.25, 0.3) is 0 Å². The Morgan fingerprint density at radius 3 is 2.72 bits per heavy atom. The number of thioether (sulfide) groups is 1. The first-order valence-electron chi connectivity index (χ1n) is 8.78. The minimum Gasteiger partial charge on any atom is -0.391 e. The van der Waals surface area contributed by atoms with Gasteiger partial charge in [0.1, 0.15) is 0 Å². The molecule has 2 aliphatic rings. The van der Waals surface area contributed by atoms with Crippen LogP contribution in [0.5, 0.6) is 0 Å². The van der Waals surface area contributed by atoms with E-state index in [4.69, 9.17) is 11.6 Å². The summed E-state index contributed by atoms with van der Waals surface area (Å²) >= 11 is 7.05. The number of rotatable bonds is 9. The molecule has 3 atom stereocenters. The van der Waals surface area contributed by atoms with E-state index in [1.165, 1.54) is 35.9 Å². The number of aliphatic hydroxyl groups is 1. The second-order valence-electron chi connectivity index (χ2n) is 6.40. The van der Waals surface area contributed by atoms with Gasteiger partial charge in [0.05, 0.1) is 6.10 Å². The quantitative estimate of drug-likeness (QED) is 0.463. The van der Waals surface area contributed by atoms with Gasteiger partial charge in [-0.3, -0.25) is 10.1 Å². The molecule has 1 fully saturated rings. The highest BCUT2D eigenvalue weighted by Gasteiger charge is 2.48. The second kappa shape index (κ2) is 9.64. The van der Waals surface area contributed by atoms with Gasteiger partial charge in [-0.1, -0.05) is 44.4 Å². The molecule has 9 heteroatoms. The minimum absolute atomic E-state index is 0.156. The van der Waals surface area contributed by atoms with Gasteiger partial charge < -0.3 is 14.9 Å². The SMILES string of the molecule is CCCCCCCN1C(SCC(O)CCl)=NC2C1C(=O)NC(=O)N2C. The van der Waals surface area contributed by atoms with Gasteiger partial charge in [0.25, 0.3) is 5.91 Å². The summed E-state index contributed by atoms with van der Waals surface area (Å²) in [6.07, 6.45) is 4.49. The lowest BCUT2D eigenvalue weighted by molar-refractivity contribution is -0.127. The summed E-state index contributed by atoms with van der Waals surface area (Å²) in [5.74, 6) is 0.259. The smallest absolute Gasteiger partial charge is 0.325 e. The van der Waals surface area contributed by atoms with Crippen molar-refractivity contribution < 1.29 is 14.7 Å². The van der Waals surface area contributed by atoms with Gasteiger partial charge in [-0.05, 0) is 6.42 Å². The van der Waals surface area contributed by atoms with Crippen molar-refractivity contribution in [2.24, 2.45) is 4.99 Å². The average Bonchev–Trinajstić information content (AvgIpc) is 2.96. The van der Waals surface area contributed by atoms with Crippen molar-refractivity contribution >= 4 is 40.5 Å². The molecule has 2 heterocycles. The Balaban J connectivity index is 2.06. The summed E-state index contributed by atoms with van der Waals surface area (Å²) in [7, 11) is 1.64. The molecule has 0 aromatic heterocycles. The van der Waals surface area contributed by atoms with Crippen LogP contribution in [0.15, 0.2) is 4.99 Å².